The summed E-state index contributed by atoms with van der Waals surface area (Å²) in [6.07, 6.45) is 10.7. The SMILES string of the molecule is CS(C)(C)NCCOS(C)(C)S. The average Bonchev–Trinajstić information content (AvgIpc) is 1.76. The van der Waals surface area contributed by atoms with Gasteiger partial charge in [0.2, 0.25) is 0 Å². The van der Waals surface area contributed by atoms with E-state index in [1.165, 1.54) is 0 Å². The van der Waals surface area contributed by atoms with Gasteiger partial charge in [-0.15, -0.1) is 11.7 Å². The van der Waals surface area contributed by atoms with Crippen LogP contribution in [0.2, 0.25) is 0 Å². The lowest BCUT2D eigenvalue weighted by atomic mass is 10.8. The summed E-state index contributed by atoms with van der Waals surface area (Å²) in [7, 11) is -1.67. The molecule has 0 heterocycles. The Kier molecular flexibility index (Phi) is 5.41. The lowest BCUT2D eigenvalue weighted by Crippen LogP contribution is -2.22. The van der Waals surface area contributed by atoms with Crippen molar-refractivity contribution in [3.8, 4) is 0 Å². The number of hydrogen-bond donors (Lipinski definition) is 2. The van der Waals surface area contributed by atoms with Crippen molar-refractivity contribution in [1.29, 1.82) is 0 Å². The number of thiol groups is 1. The average molecular weight is 231 g/mol. The van der Waals surface area contributed by atoms with Crippen molar-refractivity contribution in [3.63, 3.8) is 0 Å². The van der Waals surface area contributed by atoms with E-state index in [0.717, 1.165) is 13.2 Å². The minimum absolute atomic E-state index is 0.588. The van der Waals surface area contributed by atoms with E-state index in [0.29, 0.717) is 0 Å². The summed E-state index contributed by atoms with van der Waals surface area (Å²) in [5, 5.41) is 0. The fourth-order valence-electron chi connectivity index (χ4n) is 0.593. The van der Waals surface area contributed by atoms with E-state index in [1.54, 1.807) is 0 Å². The van der Waals surface area contributed by atoms with Crippen LogP contribution in [0.1, 0.15) is 0 Å². The highest BCUT2D eigenvalue weighted by atomic mass is 33.1. The van der Waals surface area contributed by atoms with Crippen molar-refractivity contribution >= 4 is 31.2 Å². The molecule has 0 aromatic heterocycles. The Labute approximate surface area is 84.6 Å². The molecule has 2 nitrogen and oxygen atoms in total. The normalized spacial score (nSPS) is 16.2. The second-order valence-electron chi connectivity index (χ2n) is 3.73. The van der Waals surface area contributed by atoms with Gasteiger partial charge < -0.3 is 4.18 Å². The zero-order chi connectivity index (χ0) is 9.83. The number of hydrogen-bond acceptors (Lipinski definition) is 3. The summed E-state index contributed by atoms with van der Waals surface area (Å²) in [5.41, 5.74) is 0. The Hall–Kier alpha value is 0.970. The van der Waals surface area contributed by atoms with Crippen LogP contribution in [-0.2, 0) is 4.18 Å². The van der Waals surface area contributed by atoms with Crippen LogP contribution in [0.5, 0.6) is 0 Å². The Morgan fingerprint density at radius 2 is 1.67 bits per heavy atom. The molecule has 0 aromatic carbocycles. The van der Waals surface area contributed by atoms with Gasteiger partial charge in [0.05, 0.1) is 6.61 Å². The van der Waals surface area contributed by atoms with Crippen molar-refractivity contribution in [1.82, 2.24) is 4.72 Å². The molecule has 0 rings (SSSR count). The molecule has 0 unspecified atom stereocenters. The zero-order valence-electron chi connectivity index (χ0n) is 8.59. The largest absolute Gasteiger partial charge is 0.327 e. The standard InChI is InChI=1S/C7H21NOS3/c1-11(2,3)8-6-7-9-12(4,5)10/h8,10H,6-7H2,1-5H3. The monoisotopic (exact) mass is 231 g/mol. The van der Waals surface area contributed by atoms with Crippen LogP contribution >= 0.6 is 31.2 Å². The van der Waals surface area contributed by atoms with Gasteiger partial charge in [-0.1, -0.05) is 9.34 Å². The molecule has 0 amide bonds. The first-order valence-electron chi connectivity index (χ1n) is 3.74. The predicted molar refractivity (Wildman–Crippen MR) is 67.7 cm³/mol. The predicted octanol–water partition coefficient (Wildman–Crippen LogP) is 2.03. The van der Waals surface area contributed by atoms with Crippen LogP contribution in [0.4, 0.5) is 0 Å². The molecule has 12 heavy (non-hydrogen) atoms. The molecule has 0 saturated carbocycles. The van der Waals surface area contributed by atoms with Gasteiger partial charge in [0.1, 0.15) is 0 Å². The highest BCUT2D eigenvalue weighted by molar-refractivity contribution is 8.85. The molecule has 0 spiro atoms. The van der Waals surface area contributed by atoms with Crippen molar-refractivity contribution in [2.24, 2.45) is 0 Å². The van der Waals surface area contributed by atoms with Crippen molar-refractivity contribution in [2.75, 3.05) is 44.4 Å². The molecule has 1 N–H and O–H groups in total. The molecule has 0 atom stereocenters. The molecule has 0 aliphatic rings. The van der Waals surface area contributed by atoms with Crippen molar-refractivity contribution in [2.45, 2.75) is 0 Å². The third-order valence-corrected chi connectivity index (χ3v) is 3.14. The second kappa shape index (κ2) is 5.00. The topological polar surface area (TPSA) is 21.3 Å². The Morgan fingerprint density at radius 1 is 1.17 bits per heavy atom. The van der Waals surface area contributed by atoms with Gasteiger partial charge in [0, 0.05) is 6.54 Å². The van der Waals surface area contributed by atoms with Crippen LogP contribution in [0.15, 0.2) is 0 Å². The van der Waals surface area contributed by atoms with Gasteiger partial charge in [-0.2, -0.15) is 10.2 Å². The highest BCUT2D eigenvalue weighted by Crippen LogP contribution is 2.45. The molecule has 5 heteroatoms. The van der Waals surface area contributed by atoms with Crippen LogP contribution in [0.3, 0.4) is 0 Å². The van der Waals surface area contributed by atoms with Crippen LogP contribution < -0.4 is 4.72 Å². The first-order valence-corrected chi connectivity index (χ1v) is 10.0. The molecule has 0 bridgehead atoms. The van der Waals surface area contributed by atoms with E-state index in [4.69, 9.17) is 4.18 Å². The summed E-state index contributed by atoms with van der Waals surface area (Å²) in [6, 6.07) is 0. The van der Waals surface area contributed by atoms with Crippen LogP contribution in [-0.4, -0.2) is 44.4 Å². The summed E-state index contributed by atoms with van der Waals surface area (Å²) >= 11 is 4.34. The molecule has 0 fully saturated rings. The molecule has 0 saturated heterocycles. The summed E-state index contributed by atoms with van der Waals surface area (Å²) in [5.74, 6) is 0. The number of rotatable bonds is 5. The van der Waals surface area contributed by atoms with Crippen LogP contribution in [0, 0.1) is 0 Å². The maximum absolute atomic E-state index is 5.52. The Morgan fingerprint density at radius 3 is 2.00 bits per heavy atom. The third kappa shape index (κ3) is 11.0. The van der Waals surface area contributed by atoms with E-state index < -0.39 is 19.6 Å². The van der Waals surface area contributed by atoms with E-state index in [-0.39, 0.29) is 0 Å². The van der Waals surface area contributed by atoms with Gasteiger partial charge in [0.25, 0.3) is 0 Å². The van der Waals surface area contributed by atoms with Gasteiger partial charge in [-0.05, 0) is 31.3 Å². The van der Waals surface area contributed by atoms with Crippen molar-refractivity contribution in [3.05, 3.63) is 0 Å². The fourth-order valence-corrected chi connectivity index (χ4v) is 2.00. The lowest BCUT2D eigenvalue weighted by Gasteiger charge is -2.29. The van der Waals surface area contributed by atoms with Gasteiger partial charge >= 0.3 is 0 Å². The summed E-state index contributed by atoms with van der Waals surface area (Å²) in [4.78, 5) is 0. The fraction of sp³-hybridized carbons (Fsp3) is 1.00. The molecule has 78 valence electrons. The molecular weight excluding hydrogens is 210 g/mol. The molecule has 0 aliphatic carbocycles. The minimum Gasteiger partial charge on any atom is -0.327 e. The summed E-state index contributed by atoms with van der Waals surface area (Å²) in [6.45, 7) is 1.69. The van der Waals surface area contributed by atoms with E-state index >= 15 is 0 Å². The van der Waals surface area contributed by atoms with E-state index in [9.17, 15) is 0 Å². The zero-order valence-corrected chi connectivity index (χ0v) is 11.1. The second-order valence-corrected chi connectivity index (χ2v) is 12.9. The third-order valence-electron chi connectivity index (χ3n) is 1.01. The summed E-state index contributed by atoms with van der Waals surface area (Å²) < 4.78 is 8.96. The maximum Gasteiger partial charge on any atom is 0.0735 e. The molecular formula is C7H21NOS3. The highest BCUT2D eigenvalue weighted by Gasteiger charge is 2.05. The van der Waals surface area contributed by atoms with Gasteiger partial charge in [-0.25, -0.2) is 0 Å². The first-order chi connectivity index (χ1) is 5.21. The lowest BCUT2D eigenvalue weighted by molar-refractivity contribution is 0.374. The number of nitrogens with one attached hydrogen (secondary N) is 1. The molecule has 0 aliphatic heterocycles. The van der Waals surface area contributed by atoms with Gasteiger partial charge in [0.15, 0.2) is 0 Å². The Balaban J connectivity index is 3.35. The smallest absolute Gasteiger partial charge is 0.0735 e. The molecule has 0 radical (unpaired) electrons. The van der Waals surface area contributed by atoms with Crippen molar-refractivity contribution < 1.29 is 4.18 Å². The quantitative estimate of drug-likeness (QED) is 0.429. The first kappa shape index (κ1) is 13.0. The van der Waals surface area contributed by atoms with Gasteiger partial charge in [-0.3, -0.25) is 4.72 Å². The van der Waals surface area contributed by atoms with E-state index in [2.05, 4.69) is 35.2 Å². The maximum atomic E-state index is 5.52. The Bertz CT molecular complexity index is 112. The van der Waals surface area contributed by atoms with E-state index in [1.807, 2.05) is 12.5 Å². The molecule has 0 aromatic rings. The van der Waals surface area contributed by atoms with Crippen LogP contribution in [0.25, 0.3) is 0 Å². The minimum atomic E-state index is -1.08.